The van der Waals surface area contributed by atoms with E-state index in [4.69, 9.17) is 14.6 Å². The van der Waals surface area contributed by atoms with E-state index in [1.165, 1.54) is 7.11 Å². The summed E-state index contributed by atoms with van der Waals surface area (Å²) in [4.78, 5) is 18.2. The summed E-state index contributed by atoms with van der Waals surface area (Å²) in [5, 5.41) is 8.76. The molecule has 0 aliphatic heterocycles. The van der Waals surface area contributed by atoms with Gasteiger partial charge in [-0.1, -0.05) is 6.07 Å². The lowest BCUT2D eigenvalue weighted by molar-refractivity contribution is -0.139. The fourth-order valence-electron chi connectivity index (χ4n) is 1.82. The van der Waals surface area contributed by atoms with Gasteiger partial charge in [0.2, 0.25) is 0 Å². The molecule has 1 aromatic heterocycles. The monoisotopic (exact) mass is 276 g/mol. The zero-order valence-corrected chi connectivity index (χ0v) is 11.6. The van der Waals surface area contributed by atoms with Gasteiger partial charge in [-0.15, -0.1) is 0 Å². The van der Waals surface area contributed by atoms with Gasteiger partial charge in [0.1, 0.15) is 5.82 Å². The van der Waals surface area contributed by atoms with Crippen LogP contribution in [0.4, 0.5) is 0 Å². The van der Waals surface area contributed by atoms with Crippen molar-refractivity contribution < 1.29 is 19.4 Å². The van der Waals surface area contributed by atoms with Crippen molar-refractivity contribution in [3.05, 3.63) is 29.6 Å². The Bertz CT molecular complexity index is 615. The van der Waals surface area contributed by atoms with Gasteiger partial charge in [-0.2, -0.15) is 0 Å². The van der Waals surface area contributed by atoms with E-state index >= 15 is 0 Å². The summed E-state index contributed by atoms with van der Waals surface area (Å²) in [5.74, 6) is 0.412. The molecule has 0 saturated carbocycles. The number of carbonyl (C=O) groups is 1. The van der Waals surface area contributed by atoms with Gasteiger partial charge in [0, 0.05) is 5.69 Å². The maximum atomic E-state index is 10.7. The first kappa shape index (κ1) is 13.9. The first-order valence-electron chi connectivity index (χ1n) is 6.08. The molecule has 0 atom stereocenters. The SMILES string of the molecule is COc1cccc(-c2nc(C)c(C)[nH]2)c1OCC(=O)O. The molecular formula is C14H16N2O4. The number of carboxylic acids is 1. The van der Waals surface area contributed by atoms with Crippen molar-refractivity contribution in [3.63, 3.8) is 0 Å². The number of benzene rings is 1. The summed E-state index contributed by atoms with van der Waals surface area (Å²) in [7, 11) is 1.51. The Morgan fingerprint density at radius 3 is 2.70 bits per heavy atom. The fourth-order valence-corrected chi connectivity index (χ4v) is 1.82. The Hall–Kier alpha value is -2.50. The van der Waals surface area contributed by atoms with Gasteiger partial charge in [-0.05, 0) is 26.0 Å². The van der Waals surface area contributed by atoms with Crippen LogP contribution in [0.2, 0.25) is 0 Å². The van der Waals surface area contributed by atoms with E-state index in [1.807, 2.05) is 13.8 Å². The number of hydrogen-bond donors (Lipinski definition) is 2. The Kier molecular flexibility index (Phi) is 3.93. The average molecular weight is 276 g/mol. The highest BCUT2D eigenvalue weighted by Gasteiger charge is 2.16. The maximum absolute atomic E-state index is 10.7. The smallest absolute Gasteiger partial charge is 0.341 e. The molecule has 0 fully saturated rings. The summed E-state index contributed by atoms with van der Waals surface area (Å²) in [6, 6.07) is 5.32. The molecule has 2 rings (SSSR count). The van der Waals surface area contributed by atoms with Crippen LogP contribution >= 0.6 is 0 Å². The number of hydrogen-bond acceptors (Lipinski definition) is 4. The zero-order chi connectivity index (χ0) is 14.7. The van der Waals surface area contributed by atoms with E-state index in [0.29, 0.717) is 22.9 Å². The second-order valence-electron chi connectivity index (χ2n) is 4.32. The molecule has 6 nitrogen and oxygen atoms in total. The summed E-state index contributed by atoms with van der Waals surface area (Å²) >= 11 is 0. The number of H-pyrrole nitrogens is 1. The van der Waals surface area contributed by atoms with Crippen molar-refractivity contribution in [3.8, 4) is 22.9 Å². The molecule has 106 valence electrons. The summed E-state index contributed by atoms with van der Waals surface area (Å²) in [6.07, 6.45) is 0. The van der Waals surface area contributed by atoms with Gasteiger partial charge in [0.15, 0.2) is 18.1 Å². The highest BCUT2D eigenvalue weighted by Crippen LogP contribution is 2.37. The average Bonchev–Trinajstić information content (AvgIpc) is 2.75. The number of aryl methyl sites for hydroxylation is 2. The topological polar surface area (TPSA) is 84.4 Å². The predicted molar refractivity (Wildman–Crippen MR) is 73.2 cm³/mol. The number of aromatic nitrogens is 2. The third-order valence-corrected chi connectivity index (χ3v) is 2.92. The minimum absolute atomic E-state index is 0.367. The molecule has 0 radical (unpaired) electrons. The number of aliphatic carboxylic acids is 1. The number of methoxy groups -OCH3 is 1. The van der Waals surface area contributed by atoms with Crippen LogP contribution < -0.4 is 9.47 Å². The van der Waals surface area contributed by atoms with E-state index in [0.717, 1.165) is 11.4 Å². The number of aromatic amines is 1. The zero-order valence-electron chi connectivity index (χ0n) is 11.6. The van der Waals surface area contributed by atoms with E-state index < -0.39 is 12.6 Å². The summed E-state index contributed by atoms with van der Waals surface area (Å²) < 4.78 is 10.6. The Balaban J connectivity index is 2.48. The van der Waals surface area contributed by atoms with Crippen LogP contribution in [0.3, 0.4) is 0 Å². The van der Waals surface area contributed by atoms with Gasteiger partial charge in [0.25, 0.3) is 0 Å². The molecule has 0 unspecified atom stereocenters. The Morgan fingerprint density at radius 1 is 1.40 bits per heavy atom. The van der Waals surface area contributed by atoms with Crippen LogP contribution in [0.5, 0.6) is 11.5 Å². The van der Waals surface area contributed by atoms with Crippen LogP contribution in [0.25, 0.3) is 11.4 Å². The lowest BCUT2D eigenvalue weighted by Gasteiger charge is -2.12. The van der Waals surface area contributed by atoms with Crippen LogP contribution in [0.15, 0.2) is 18.2 Å². The van der Waals surface area contributed by atoms with Gasteiger partial charge in [-0.3, -0.25) is 0 Å². The number of carboxylic acid groups (broad SMARTS) is 1. The second kappa shape index (κ2) is 5.64. The van der Waals surface area contributed by atoms with Gasteiger partial charge in [0.05, 0.1) is 18.4 Å². The highest BCUT2D eigenvalue weighted by atomic mass is 16.5. The lowest BCUT2D eigenvalue weighted by Crippen LogP contribution is -2.10. The highest BCUT2D eigenvalue weighted by molar-refractivity contribution is 5.72. The van der Waals surface area contributed by atoms with Crippen molar-refractivity contribution in [1.82, 2.24) is 9.97 Å². The molecule has 0 bridgehead atoms. The largest absolute Gasteiger partial charge is 0.493 e. The van der Waals surface area contributed by atoms with Crippen LogP contribution in [-0.2, 0) is 4.79 Å². The predicted octanol–water partition coefficient (Wildman–Crippen LogP) is 2.17. The summed E-state index contributed by atoms with van der Waals surface area (Å²) in [6.45, 7) is 3.38. The van der Waals surface area contributed by atoms with Crippen molar-refractivity contribution in [1.29, 1.82) is 0 Å². The normalized spacial score (nSPS) is 10.3. The molecule has 0 aliphatic carbocycles. The van der Waals surface area contributed by atoms with E-state index in [9.17, 15) is 4.79 Å². The van der Waals surface area contributed by atoms with Crippen molar-refractivity contribution in [2.45, 2.75) is 13.8 Å². The minimum atomic E-state index is -1.05. The molecule has 0 saturated heterocycles. The standard InChI is InChI=1S/C14H16N2O4/c1-8-9(2)16-14(15-8)10-5-4-6-11(19-3)13(10)20-7-12(17)18/h4-6H,7H2,1-3H3,(H,15,16)(H,17,18). The number of rotatable bonds is 5. The quantitative estimate of drug-likeness (QED) is 0.874. The molecule has 1 aromatic carbocycles. The molecule has 6 heteroatoms. The summed E-state index contributed by atoms with van der Waals surface area (Å²) in [5.41, 5.74) is 2.50. The van der Waals surface area contributed by atoms with Gasteiger partial charge < -0.3 is 19.6 Å². The fraction of sp³-hybridized carbons (Fsp3) is 0.286. The van der Waals surface area contributed by atoms with Crippen LogP contribution in [0, 0.1) is 13.8 Å². The van der Waals surface area contributed by atoms with Crippen LogP contribution in [-0.4, -0.2) is 34.8 Å². The molecule has 20 heavy (non-hydrogen) atoms. The molecule has 0 aliphatic rings. The maximum Gasteiger partial charge on any atom is 0.341 e. The lowest BCUT2D eigenvalue weighted by atomic mass is 10.1. The first-order chi connectivity index (χ1) is 9.52. The Labute approximate surface area is 116 Å². The number of imidazole rings is 1. The second-order valence-corrected chi connectivity index (χ2v) is 4.32. The van der Waals surface area contributed by atoms with Crippen molar-refractivity contribution in [2.24, 2.45) is 0 Å². The first-order valence-corrected chi connectivity index (χ1v) is 6.08. The number of para-hydroxylation sites is 1. The molecule has 2 N–H and O–H groups in total. The Morgan fingerprint density at radius 2 is 2.15 bits per heavy atom. The molecule has 0 spiro atoms. The van der Waals surface area contributed by atoms with E-state index in [1.54, 1.807) is 18.2 Å². The molecule has 1 heterocycles. The number of ether oxygens (including phenoxy) is 2. The van der Waals surface area contributed by atoms with Crippen molar-refractivity contribution in [2.75, 3.05) is 13.7 Å². The minimum Gasteiger partial charge on any atom is -0.493 e. The third kappa shape index (κ3) is 2.74. The third-order valence-electron chi connectivity index (χ3n) is 2.92. The molecule has 2 aromatic rings. The van der Waals surface area contributed by atoms with Crippen molar-refractivity contribution >= 4 is 5.97 Å². The number of nitrogens with one attached hydrogen (secondary N) is 1. The molecular weight excluding hydrogens is 260 g/mol. The van der Waals surface area contributed by atoms with Gasteiger partial charge in [-0.25, -0.2) is 9.78 Å². The van der Waals surface area contributed by atoms with E-state index in [2.05, 4.69) is 9.97 Å². The van der Waals surface area contributed by atoms with Gasteiger partial charge >= 0.3 is 5.97 Å². The van der Waals surface area contributed by atoms with Crippen LogP contribution in [0.1, 0.15) is 11.4 Å². The van der Waals surface area contributed by atoms with E-state index in [-0.39, 0.29) is 0 Å². The number of nitrogens with zero attached hydrogens (tertiary/aromatic N) is 1. The molecule has 0 amide bonds.